The third kappa shape index (κ3) is 1.90. The van der Waals surface area contributed by atoms with Gasteiger partial charge < -0.3 is 11.1 Å². The number of nitrogens with one attached hydrogen (secondary N) is 1. The SMILES string of the molecule is Nc1cc(F)ccc1NC12CC3CC(CC(C3)C1)C2. The van der Waals surface area contributed by atoms with Crippen LogP contribution in [-0.2, 0) is 0 Å². The van der Waals surface area contributed by atoms with Gasteiger partial charge in [-0.15, -0.1) is 0 Å². The number of nitrogens with two attached hydrogens (primary N) is 1. The van der Waals surface area contributed by atoms with Crippen molar-refractivity contribution in [2.45, 2.75) is 44.1 Å². The smallest absolute Gasteiger partial charge is 0.125 e. The van der Waals surface area contributed by atoms with Crippen LogP contribution in [0.2, 0.25) is 0 Å². The Morgan fingerprint density at radius 2 is 1.63 bits per heavy atom. The number of nitrogen functional groups attached to an aromatic ring is 1. The van der Waals surface area contributed by atoms with Gasteiger partial charge in [-0.25, -0.2) is 4.39 Å². The van der Waals surface area contributed by atoms with Crippen molar-refractivity contribution in [3.63, 3.8) is 0 Å². The van der Waals surface area contributed by atoms with E-state index in [0.717, 1.165) is 23.4 Å². The molecule has 4 aliphatic carbocycles. The zero-order valence-electron chi connectivity index (χ0n) is 11.2. The van der Waals surface area contributed by atoms with E-state index in [1.165, 1.54) is 50.7 Å². The first-order chi connectivity index (χ1) is 9.12. The van der Waals surface area contributed by atoms with Gasteiger partial charge in [-0.3, -0.25) is 0 Å². The van der Waals surface area contributed by atoms with Gasteiger partial charge in [-0.1, -0.05) is 0 Å². The maximum Gasteiger partial charge on any atom is 0.125 e. The van der Waals surface area contributed by atoms with E-state index in [9.17, 15) is 4.39 Å². The molecular formula is C16H21FN2. The highest BCUT2D eigenvalue weighted by molar-refractivity contribution is 5.67. The van der Waals surface area contributed by atoms with E-state index in [0.29, 0.717) is 5.69 Å². The second kappa shape index (κ2) is 3.87. The van der Waals surface area contributed by atoms with Crippen LogP contribution in [0.1, 0.15) is 38.5 Å². The van der Waals surface area contributed by atoms with Gasteiger partial charge in [0, 0.05) is 5.54 Å². The molecule has 0 spiro atoms. The van der Waals surface area contributed by atoms with Gasteiger partial charge in [0.1, 0.15) is 5.82 Å². The van der Waals surface area contributed by atoms with Gasteiger partial charge in [0.2, 0.25) is 0 Å². The molecule has 0 atom stereocenters. The first-order valence-electron chi connectivity index (χ1n) is 7.45. The Labute approximate surface area is 113 Å². The molecule has 0 unspecified atom stereocenters. The number of anilines is 2. The van der Waals surface area contributed by atoms with E-state index >= 15 is 0 Å². The molecule has 5 rings (SSSR count). The van der Waals surface area contributed by atoms with Gasteiger partial charge in [0.15, 0.2) is 0 Å². The third-order valence-electron chi connectivity index (χ3n) is 5.45. The average molecular weight is 260 g/mol. The number of halogens is 1. The highest BCUT2D eigenvalue weighted by Gasteiger charge is 2.50. The summed E-state index contributed by atoms with van der Waals surface area (Å²) in [7, 11) is 0. The average Bonchev–Trinajstić information content (AvgIpc) is 2.31. The van der Waals surface area contributed by atoms with Crippen LogP contribution in [0.4, 0.5) is 15.8 Å². The minimum atomic E-state index is -0.256. The van der Waals surface area contributed by atoms with Crippen LogP contribution >= 0.6 is 0 Å². The second-order valence-corrected chi connectivity index (χ2v) is 7.05. The lowest BCUT2D eigenvalue weighted by atomic mass is 9.53. The quantitative estimate of drug-likeness (QED) is 0.794. The Morgan fingerprint density at radius 3 is 2.16 bits per heavy atom. The first kappa shape index (κ1) is 11.6. The molecule has 0 radical (unpaired) electrons. The van der Waals surface area contributed by atoms with Gasteiger partial charge >= 0.3 is 0 Å². The molecule has 4 saturated carbocycles. The van der Waals surface area contributed by atoms with Crippen molar-refractivity contribution >= 4 is 11.4 Å². The van der Waals surface area contributed by atoms with E-state index in [-0.39, 0.29) is 11.4 Å². The van der Waals surface area contributed by atoms with Crippen LogP contribution in [0.5, 0.6) is 0 Å². The fraction of sp³-hybridized carbons (Fsp3) is 0.625. The van der Waals surface area contributed by atoms with Gasteiger partial charge in [0.25, 0.3) is 0 Å². The molecule has 4 fully saturated rings. The maximum atomic E-state index is 13.1. The Bertz CT molecular complexity index is 476. The zero-order chi connectivity index (χ0) is 13.0. The number of rotatable bonds is 2. The molecule has 1 aromatic carbocycles. The minimum absolute atomic E-state index is 0.237. The van der Waals surface area contributed by atoms with Gasteiger partial charge in [0.05, 0.1) is 11.4 Å². The van der Waals surface area contributed by atoms with Crippen LogP contribution in [0.15, 0.2) is 18.2 Å². The molecule has 2 nitrogen and oxygen atoms in total. The van der Waals surface area contributed by atoms with Crippen molar-refractivity contribution in [1.82, 2.24) is 0 Å². The molecule has 1 aromatic rings. The normalized spacial score (nSPS) is 39.5. The lowest BCUT2D eigenvalue weighted by molar-refractivity contribution is 0.0107. The Kier molecular flexibility index (Phi) is 2.36. The van der Waals surface area contributed by atoms with E-state index in [1.54, 1.807) is 6.07 Å². The van der Waals surface area contributed by atoms with E-state index in [2.05, 4.69) is 5.32 Å². The molecule has 4 aliphatic rings. The monoisotopic (exact) mass is 260 g/mol. The summed E-state index contributed by atoms with van der Waals surface area (Å²) >= 11 is 0. The molecule has 3 heteroatoms. The summed E-state index contributed by atoms with van der Waals surface area (Å²) in [5.41, 5.74) is 7.64. The Hall–Kier alpha value is -1.25. The predicted molar refractivity (Wildman–Crippen MR) is 75.3 cm³/mol. The third-order valence-corrected chi connectivity index (χ3v) is 5.45. The fourth-order valence-electron chi connectivity index (χ4n) is 5.20. The van der Waals surface area contributed by atoms with Gasteiger partial charge in [-0.05, 0) is 74.5 Å². The summed E-state index contributed by atoms with van der Waals surface area (Å²) in [6, 6.07) is 4.71. The fourth-order valence-corrected chi connectivity index (χ4v) is 5.20. The van der Waals surface area contributed by atoms with Crippen LogP contribution in [-0.4, -0.2) is 5.54 Å². The molecule has 102 valence electrons. The zero-order valence-corrected chi connectivity index (χ0v) is 11.2. The maximum absolute atomic E-state index is 13.1. The van der Waals surface area contributed by atoms with E-state index in [1.807, 2.05) is 0 Å². The highest BCUT2D eigenvalue weighted by atomic mass is 19.1. The highest BCUT2D eigenvalue weighted by Crippen LogP contribution is 2.56. The lowest BCUT2D eigenvalue weighted by Crippen LogP contribution is -2.54. The van der Waals surface area contributed by atoms with Crippen molar-refractivity contribution in [2.75, 3.05) is 11.1 Å². The number of hydrogen-bond acceptors (Lipinski definition) is 2. The first-order valence-corrected chi connectivity index (χ1v) is 7.45. The van der Waals surface area contributed by atoms with E-state index in [4.69, 9.17) is 5.73 Å². The molecule has 0 heterocycles. The van der Waals surface area contributed by atoms with Crippen molar-refractivity contribution in [3.8, 4) is 0 Å². The molecule has 0 aliphatic heterocycles. The van der Waals surface area contributed by atoms with Crippen molar-refractivity contribution in [1.29, 1.82) is 0 Å². The minimum Gasteiger partial charge on any atom is -0.397 e. The summed E-state index contributed by atoms with van der Waals surface area (Å²) in [5.74, 6) is 2.45. The van der Waals surface area contributed by atoms with Crippen LogP contribution in [0.25, 0.3) is 0 Å². The summed E-state index contributed by atoms with van der Waals surface area (Å²) < 4.78 is 13.1. The summed E-state index contributed by atoms with van der Waals surface area (Å²) in [5, 5.41) is 3.69. The van der Waals surface area contributed by atoms with Crippen LogP contribution in [0, 0.1) is 23.6 Å². The number of benzene rings is 1. The molecule has 0 amide bonds. The molecule has 4 bridgehead atoms. The van der Waals surface area contributed by atoms with Crippen LogP contribution in [0.3, 0.4) is 0 Å². The van der Waals surface area contributed by atoms with Crippen molar-refractivity contribution < 1.29 is 4.39 Å². The Balaban J connectivity index is 1.62. The Morgan fingerprint density at radius 1 is 1.05 bits per heavy atom. The summed E-state index contributed by atoms with van der Waals surface area (Å²) in [4.78, 5) is 0. The topological polar surface area (TPSA) is 38.0 Å². The predicted octanol–water partition coefficient (Wildman–Crippen LogP) is 3.79. The second-order valence-electron chi connectivity index (χ2n) is 7.05. The standard InChI is InChI=1S/C16H21FN2/c17-13-1-2-15(14(18)6-13)19-16-7-10-3-11(8-16)5-12(4-10)9-16/h1-2,6,10-12,19H,3-5,7-9,18H2. The van der Waals surface area contributed by atoms with Crippen molar-refractivity contribution in [2.24, 2.45) is 17.8 Å². The summed E-state index contributed by atoms with van der Waals surface area (Å²) in [6.45, 7) is 0. The molecule has 0 saturated heterocycles. The number of hydrogen-bond donors (Lipinski definition) is 2. The van der Waals surface area contributed by atoms with E-state index < -0.39 is 0 Å². The molecular weight excluding hydrogens is 239 g/mol. The van der Waals surface area contributed by atoms with Crippen molar-refractivity contribution in [3.05, 3.63) is 24.0 Å². The van der Waals surface area contributed by atoms with Gasteiger partial charge in [-0.2, -0.15) is 0 Å². The molecule has 0 aromatic heterocycles. The largest absolute Gasteiger partial charge is 0.397 e. The molecule has 3 N–H and O–H groups in total. The lowest BCUT2D eigenvalue weighted by Gasteiger charge is -2.57. The molecule has 19 heavy (non-hydrogen) atoms. The van der Waals surface area contributed by atoms with Crippen LogP contribution < -0.4 is 11.1 Å². The summed E-state index contributed by atoms with van der Waals surface area (Å²) in [6.07, 6.45) is 8.11.